The van der Waals surface area contributed by atoms with E-state index in [1.807, 2.05) is 6.07 Å². The second-order valence-corrected chi connectivity index (χ2v) is 10.8. The lowest BCUT2D eigenvalue weighted by Crippen LogP contribution is -2.35. The van der Waals surface area contributed by atoms with E-state index >= 15 is 0 Å². The van der Waals surface area contributed by atoms with Crippen LogP contribution in [0, 0.1) is 17.3 Å². The minimum absolute atomic E-state index is 0.0253. The second kappa shape index (κ2) is 7.99. The van der Waals surface area contributed by atoms with Crippen molar-refractivity contribution in [3.05, 3.63) is 41.5 Å². The maximum absolute atomic E-state index is 12.9. The summed E-state index contributed by atoms with van der Waals surface area (Å²) >= 11 is 0. The number of allylic oxidation sites excluding steroid dienone is 2. The molecule has 1 saturated heterocycles. The van der Waals surface area contributed by atoms with E-state index in [-0.39, 0.29) is 23.2 Å². The van der Waals surface area contributed by atoms with E-state index in [1.165, 1.54) is 5.57 Å². The van der Waals surface area contributed by atoms with Crippen LogP contribution >= 0.6 is 0 Å². The van der Waals surface area contributed by atoms with Gasteiger partial charge >= 0.3 is 0 Å². The Morgan fingerprint density at radius 2 is 1.89 bits per heavy atom. The summed E-state index contributed by atoms with van der Waals surface area (Å²) in [4.78, 5) is 13.0. The van der Waals surface area contributed by atoms with Crippen LogP contribution in [0.25, 0.3) is 0 Å². The van der Waals surface area contributed by atoms with Crippen LogP contribution in [0.3, 0.4) is 0 Å². The van der Waals surface area contributed by atoms with Gasteiger partial charge in [0.25, 0.3) is 0 Å². The lowest BCUT2D eigenvalue weighted by atomic mass is 10.1. The molecular formula is C22H32N2O3S. The molecule has 0 radical (unpaired) electrons. The lowest BCUT2D eigenvalue weighted by molar-refractivity contribution is -0.123. The highest BCUT2D eigenvalue weighted by Crippen LogP contribution is 2.59. The Morgan fingerprint density at radius 1 is 1.21 bits per heavy atom. The number of hydrogen-bond donors (Lipinski definition) is 1. The summed E-state index contributed by atoms with van der Waals surface area (Å²) in [7, 11) is -3.46. The fourth-order valence-corrected chi connectivity index (χ4v) is 5.81. The number of nitrogens with zero attached hydrogens (tertiary/aromatic N) is 1. The Morgan fingerprint density at radius 3 is 2.54 bits per heavy atom. The van der Waals surface area contributed by atoms with Crippen molar-refractivity contribution in [1.29, 1.82) is 0 Å². The van der Waals surface area contributed by atoms with Crippen LogP contribution in [-0.4, -0.2) is 31.7 Å². The van der Waals surface area contributed by atoms with Gasteiger partial charge in [-0.2, -0.15) is 4.31 Å². The maximum Gasteiger partial charge on any atom is 0.243 e. The number of piperidine rings is 1. The van der Waals surface area contributed by atoms with E-state index in [9.17, 15) is 13.2 Å². The van der Waals surface area contributed by atoms with E-state index < -0.39 is 10.0 Å². The average Bonchev–Trinajstić information content (AvgIpc) is 3.20. The van der Waals surface area contributed by atoms with E-state index in [0.29, 0.717) is 24.5 Å². The molecule has 1 aliphatic carbocycles. The van der Waals surface area contributed by atoms with Gasteiger partial charge in [0, 0.05) is 19.6 Å². The summed E-state index contributed by atoms with van der Waals surface area (Å²) in [6.45, 7) is 9.86. The molecule has 2 atom stereocenters. The zero-order chi connectivity index (χ0) is 20.5. The van der Waals surface area contributed by atoms with Gasteiger partial charge < -0.3 is 5.32 Å². The summed E-state index contributed by atoms with van der Waals surface area (Å²) in [5, 5.41) is 3.00. The van der Waals surface area contributed by atoms with Gasteiger partial charge in [-0.1, -0.05) is 44.1 Å². The third kappa shape index (κ3) is 4.33. The summed E-state index contributed by atoms with van der Waals surface area (Å²) in [5.74, 6) is 0.280. The molecule has 2 aliphatic rings. The molecule has 1 amide bonds. The highest BCUT2D eigenvalue weighted by Gasteiger charge is 2.60. The van der Waals surface area contributed by atoms with Gasteiger partial charge in [-0.3, -0.25) is 4.79 Å². The van der Waals surface area contributed by atoms with Gasteiger partial charge in [-0.25, -0.2) is 8.42 Å². The normalized spacial score (nSPS) is 24.4. The van der Waals surface area contributed by atoms with Crippen LogP contribution < -0.4 is 5.32 Å². The van der Waals surface area contributed by atoms with E-state index in [2.05, 4.69) is 39.1 Å². The minimum atomic E-state index is -3.46. The van der Waals surface area contributed by atoms with Crippen LogP contribution in [0.2, 0.25) is 0 Å². The van der Waals surface area contributed by atoms with Gasteiger partial charge in [0.15, 0.2) is 0 Å². The standard InChI is InChI=1S/C22H32N2O3S/c1-16(2)13-19-20(22(19,3)4)21(25)23-15-17-9-8-10-18(14-17)28(26,27)24-11-6-5-7-12-24/h8-10,13-14,19-20H,5-7,11-12,15H2,1-4H3,(H,23,25). The average molecular weight is 405 g/mol. The van der Waals surface area contributed by atoms with Crippen molar-refractivity contribution in [1.82, 2.24) is 9.62 Å². The quantitative estimate of drug-likeness (QED) is 0.735. The number of hydrogen-bond acceptors (Lipinski definition) is 3. The summed E-state index contributed by atoms with van der Waals surface area (Å²) in [6.07, 6.45) is 5.09. The fraction of sp³-hybridized carbons (Fsp3) is 0.591. The molecule has 0 aromatic heterocycles. The van der Waals surface area contributed by atoms with Crippen molar-refractivity contribution in [2.24, 2.45) is 17.3 Å². The number of sulfonamides is 1. The van der Waals surface area contributed by atoms with Crippen LogP contribution in [0.5, 0.6) is 0 Å². The molecule has 0 bridgehead atoms. The third-order valence-corrected chi connectivity index (χ3v) is 7.92. The molecular weight excluding hydrogens is 372 g/mol. The van der Waals surface area contributed by atoms with Crippen molar-refractivity contribution in [2.45, 2.75) is 58.4 Å². The maximum atomic E-state index is 12.9. The first kappa shape index (κ1) is 21.1. The molecule has 0 spiro atoms. The van der Waals surface area contributed by atoms with Gasteiger partial charge in [0.05, 0.1) is 10.8 Å². The first-order valence-corrected chi connectivity index (χ1v) is 11.6. The predicted molar refractivity (Wildman–Crippen MR) is 111 cm³/mol. The molecule has 1 aliphatic heterocycles. The smallest absolute Gasteiger partial charge is 0.243 e. The van der Waals surface area contributed by atoms with Crippen molar-refractivity contribution in [3.8, 4) is 0 Å². The molecule has 2 unspecified atom stereocenters. The van der Waals surface area contributed by atoms with Crippen molar-refractivity contribution in [2.75, 3.05) is 13.1 Å². The number of rotatable bonds is 6. The first-order chi connectivity index (χ1) is 13.1. The van der Waals surface area contributed by atoms with E-state index in [4.69, 9.17) is 0 Å². The van der Waals surface area contributed by atoms with E-state index in [0.717, 1.165) is 24.8 Å². The Hall–Kier alpha value is -1.66. The second-order valence-electron chi connectivity index (χ2n) is 8.90. The number of nitrogens with one attached hydrogen (secondary N) is 1. The largest absolute Gasteiger partial charge is 0.352 e. The van der Waals surface area contributed by atoms with Crippen molar-refractivity contribution < 1.29 is 13.2 Å². The molecule has 1 aromatic rings. The minimum Gasteiger partial charge on any atom is -0.352 e. The Kier molecular flexibility index (Phi) is 6.01. The Balaban J connectivity index is 1.65. The van der Waals surface area contributed by atoms with Crippen LogP contribution in [0.4, 0.5) is 0 Å². The Bertz CT molecular complexity index is 864. The van der Waals surface area contributed by atoms with E-state index in [1.54, 1.807) is 22.5 Å². The molecule has 2 fully saturated rings. The number of carbonyl (C=O) groups excluding carboxylic acids is 1. The molecule has 1 saturated carbocycles. The molecule has 1 N–H and O–H groups in total. The highest BCUT2D eigenvalue weighted by molar-refractivity contribution is 7.89. The summed E-state index contributed by atoms with van der Waals surface area (Å²) in [6, 6.07) is 6.95. The summed E-state index contributed by atoms with van der Waals surface area (Å²) < 4.78 is 27.3. The van der Waals surface area contributed by atoms with Crippen LogP contribution in [0.15, 0.2) is 40.8 Å². The summed E-state index contributed by atoms with van der Waals surface area (Å²) in [5.41, 5.74) is 2.01. The molecule has 1 heterocycles. The molecule has 1 aromatic carbocycles. The molecule has 3 rings (SSSR count). The molecule has 6 heteroatoms. The number of carbonyl (C=O) groups is 1. The SMILES string of the molecule is CC(C)=CC1C(C(=O)NCc2cccc(S(=O)(=O)N3CCCCC3)c2)C1(C)C. The molecule has 28 heavy (non-hydrogen) atoms. The zero-order valence-corrected chi connectivity index (χ0v) is 18.2. The highest BCUT2D eigenvalue weighted by atomic mass is 32.2. The topological polar surface area (TPSA) is 66.5 Å². The van der Waals surface area contributed by atoms with Gasteiger partial charge in [0.2, 0.25) is 15.9 Å². The number of amides is 1. The molecule has 5 nitrogen and oxygen atoms in total. The predicted octanol–water partition coefficient (Wildman–Crippen LogP) is 3.72. The lowest BCUT2D eigenvalue weighted by Gasteiger charge is -2.26. The zero-order valence-electron chi connectivity index (χ0n) is 17.4. The van der Waals surface area contributed by atoms with Crippen LogP contribution in [-0.2, 0) is 21.4 Å². The fourth-order valence-electron chi connectivity index (χ4n) is 4.22. The monoisotopic (exact) mass is 404 g/mol. The van der Waals surface area contributed by atoms with Gasteiger partial charge in [-0.05, 0) is 55.7 Å². The van der Waals surface area contributed by atoms with Gasteiger partial charge in [0.1, 0.15) is 0 Å². The third-order valence-electron chi connectivity index (χ3n) is 6.02. The Labute approximate surface area is 169 Å². The van der Waals surface area contributed by atoms with Crippen molar-refractivity contribution >= 4 is 15.9 Å². The van der Waals surface area contributed by atoms with Crippen LogP contribution in [0.1, 0.15) is 52.5 Å². The molecule has 154 valence electrons. The first-order valence-electron chi connectivity index (χ1n) is 10.2. The van der Waals surface area contributed by atoms with Crippen molar-refractivity contribution in [3.63, 3.8) is 0 Å². The van der Waals surface area contributed by atoms with Gasteiger partial charge in [-0.15, -0.1) is 0 Å². The number of benzene rings is 1.